The molecular weight excluding hydrogens is 311 g/mol. The van der Waals surface area contributed by atoms with Crippen molar-refractivity contribution in [3.05, 3.63) is 57.6 Å². The number of rotatable bonds is 2. The Morgan fingerprint density at radius 2 is 1.70 bits per heavy atom. The fraction of sp³-hybridized carbons (Fsp3) is 0.133. The molecule has 0 aliphatic rings. The Morgan fingerprint density at radius 1 is 1.00 bits per heavy atom. The van der Waals surface area contributed by atoms with Crippen LogP contribution in [0, 0.1) is 13.8 Å². The van der Waals surface area contributed by atoms with Crippen molar-refractivity contribution in [2.45, 2.75) is 13.8 Å². The molecule has 0 radical (unpaired) electrons. The second kappa shape index (κ2) is 6.44. The van der Waals surface area contributed by atoms with Crippen molar-refractivity contribution < 1.29 is 0 Å². The number of aryl methyl sites for hydroxylation is 1. The van der Waals surface area contributed by atoms with E-state index in [0.29, 0.717) is 15.2 Å². The first-order chi connectivity index (χ1) is 9.47. The smallest absolute Gasteiger partial charge is 0.175 e. The molecule has 0 heterocycles. The highest BCUT2D eigenvalue weighted by Crippen LogP contribution is 2.26. The fourth-order valence-electron chi connectivity index (χ4n) is 1.75. The van der Waals surface area contributed by atoms with Crippen LogP contribution in [0.2, 0.25) is 10.0 Å². The summed E-state index contributed by atoms with van der Waals surface area (Å²) in [5, 5.41) is 7.84. The summed E-state index contributed by atoms with van der Waals surface area (Å²) in [5.74, 6) is 0. The van der Waals surface area contributed by atoms with Crippen LogP contribution in [0.4, 0.5) is 11.4 Å². The minimum Gasteiger partial charge on any atom is -0.332 e. The summed E-state index contributed by atoms with van der Waals surface area (Å²) in [4.78, 5) is 0. The lowest BCUT2D eigenvalue weighted by molar-refractivity contribution is 1.34. The molecule has 104 valence electrons. The van der Waals surface area contributed by atoms with Gasteiger partial charge in [-0.25, -0.2) is 0 Å². The molecule has 0 spiro atoms. The van der Waals surface area contributed by atoms with E-state index in [1.807, 2.05) is 12.1 Å². The predicted molar refractivity (Wildman–Crippen MR) is 92.2 cm³/mol. The van der Waals surface area contributed by atoms with Crippen molar-refractivity contribution in [2.75, 3.05) is 10.6 Å². The summed E-state index contributed by atoms with van der Waals surface area (Å²) in [6, 6.07) is 11.3. The molecule has 0 atom stereocenters. The minimum atomic E-state index is 0.489. The van der Waals surface area contributed by atoms with Crippen LogP contribution in [0.25, 0.3) is 0 Å². The Morgan fingerprint density at radius 3 is 2.40 bits per heavy atom. The SMILES string of the molecule is Cc1cccc(NC(=S)Nc2ccc(Cl)cc2Cl)c1C. The van der Waals surface area contributed by atoms with Crippen molar-refractivity contribution in [3.8, 4) is 0 Å². The zero-order valence-electron chi connectivity index (χ0n) is 11.1. The van der Waals surface area contributed by atoms with E-state index in [2.05, 4.69) is 30.5 Å². The first kappa shape index (κ1) is 15.1. The molecular formula is C15H14Cl2N2S. The van der Waals surface area contributed by atoms with E-state index in [-0.39, 0.29) is 0 Å². The number of thiocarbonyl (C=S) groups is 1. The molecule has 20 heavy (non-hydrogen) atoms. The highest BCUT2D eigenvalue weighted by Gasteiger charge is 2.06. The van der Waals surface area contributed by atoms with Crippen LogP contribution in [0.15, 0.2) is 36.4 Å². The number of anilines is 2. The molecule has 0 bridgehead atoms. The Bertz CT molecular complexity index is 656. The molecule has 0 aromatic heterocycles. The van der Waals surface area contributed by atoms with Gasteiger partial charge in [-0.05, 0) is 61.5 Å². The summed E-state index contributed by atoms with van der Waals surface area (Å²) < 4.78 is 0. The normalized spacial score (nSPS) is 10.2. The molecule has 0 fully saturated rings. The average Bonchev–Trinajstić information content (AvgIpc) is 2.38. The second-order valence-corrected chi connectivity index (χ2v) is 5.70. The Balaban J connectivity index is 2.11. The third kappa shape index (κ3) is 3.63. The summed E-state index contributed by atoms with van der Waals surface area (Å²) in [6.07, 6.45) is 0. The van der Waals surface area contributed by atoms with Gasteiger partial charge in [-0.15, -0.1) is 0 Å². The van der Waals surface area contributed by atoms with Crippen LogP contribution in [-0.2, 0) is 0 Å². The Labute approximate surface area is 134 Å². The maximum absolute atomic E-state index is 6.10. The van der Waals surface area contributed by atoms with Gasteiger partial charge in [-0.3, -0.25) is 0 Å². The third-order valence-corrected chi connectivity index (χ3v) is 3.78. The maximum atomic E-state index is 6.10. The molecule has 0 unspecified atom stereocenters. The molecule has 0 saturated heterocycles. The van der Waals surface area contributed by atoms with Gasteiger partial charge >= 0.3 is 0 Å². The fourth-order valence-corrected chi connectivity index (χ4v) is 2.43. The first-order valence-electron chi connectivity index (χ1n) is 6.06. The lowest BCUT2D eigenvalue weighted by Gasteiger charge is -2.14. The number of benzene rings is 2. The lowest BCUT2D eigenvalue weighted by atomic mass is 10.1. The van der Waals surface area contributed by atoms with Crippen molar-refractivity contribution in [2.24, 2.45) is 0 Å². The van der Waals surface area contributed by atoms with E-state index in [1.165, 1.54) is 11.1 Å². The molecule has 2 aromatic rings. The Hall–Kier alpha value is -1.29. The summed E-state index contributed by atoms with van der Waals surface area (Å²) >= 11 is 17.3. The minimum absolute atomic E-state index is 0.489. The number of hydrogen-bond acceptors (Lipinski definition) is 1. The van der Waals surface area contributed by atoms with Gasteiger partial charge in [0, 0.05) is 10.7 Å². The van der Waals surface area contributed by atoms with E-state index >= 15 is 0 Å². The average molecular weight is 325 g/mol. The van der Waals surface area contributed by atoms with Gasteiger partial charge < -0.3 is 10.6 Å². The van der Waals surface area contributed by atoms with Gasteiger partial charge in [0.2, 0.25) is 0 Å². The van der Waals surface area contributed by atoms with Crippen molar-refractivity contribution in [3.63, 3.8) is 0 Å². The highest BCUT2D eigenvalue weighted by atomic mass is 35.5. The molecule has 2 aromatic carbocycles. The molecule has 0 saturated carbocycles. The van der Waals surface area contributed by atoms with Crippen LogP contribution >= 0.6 is 35.4 Å². The summed E-state index contributed by atoms with van der Waals surface area (Å²) in [6.45, 7) is 4.11. The quantitative estimate of drug-likeness (QED) is 0.721. The standard InChI is InChI=1S/C15H14Cl2N2S/c1-9-4-3-5-13(10(9)2)18-15(20)19-14-7-6-11(16)8-12(14)17/h3-8H,1-2H3,(H2,18,19,20). The number of hydrogen-bond donors (Lipinski definition) is 2. The van der Waals surface area contributed by atoms with Crippen LogP contribution < -0.4 is 10.6 Å². The molecule has 2 nitrogen and oxygen atoms in total. The molecule has 0 aliphatic heterocycles. The molecule has 2 N–H and O–H groups in total. The van der Waals surface area contributed by atoms with Gasteiger partial charge in [0.05, 0.1) is 10.7 Å². The van der Waals surface area contributed by atoms with Gasteiger partial charge in [0.25, 0.3) is 0 Å². The number of nitrogens with one attached hydrogen (secondary N) is 2. The van der Waals surface area contributed by atoms with Crippen molar-refractivity contribution in [1.82, 2.24) is 0 Å². The van der Waals surface area contributed by atoms with Crippen LogP contribution in [0.5, 0.6) is 0 Å². The van der Waals surface area contributed by atoms with Crippen molar-refractivity contribution in [1.29, 1.82) is 0 Å². The molecule has 0 amide bonds. The zero-order chi connectivity index (χ0) is 14.7. The van der Waals surface area contributed by atoms with Crippen LogP contribution in [0.1, 0.15) is 11.1 Å². The van der Waals surface area contributed by atoms with Gasteiger partial charge in [-0.1, -0.05) is 35.3 Å². The first-order valence-corrected chi connectivity index (χ1v) is 7.23. The number of halogens is 2. The molecule has 5 heteroatoms. The zero-order valence-corrected chi connectivity index (χ0v) is 13.5. The maximum Gasteiger partial charge on any atom is 0.175 e. The monoisotopic (exact) mass is 324 g/mol. The van der Waals surface area contributed by atoms with Crippen molar-refractivity contribution >= 4 is 51.9 Å². The summed E-state index contributed by atoms with van der Waals surface area (Å²) in [5.41, 5.74) is 4.08. The van der Waals surface area contributed by atoms with E-state index < -0.39 is 0 Å². The topological polar surface area (TPSA) is 24.1 Å². The second-order valence-electron chi connectivity index (χ2n) is 4.45. The van der Waals surface area contributed by atoms with E-state index in [9.17, 15) is 0 Å². The highest BCUT2D eigenvalue weighted by molar-refractivity contribution is 7.80. The van der Waals surface area contributed by atoms with E-state index in [1.54, 1.807) is 18.2 Å². The molecule has 2 rings (SSSR count). The van der Waals surface area contributed by atoms with Crippen LogP contribution in [-0.4, -0.2) is 5.11 Å². The lowest BCUT2D eigenvalue weighted by Crippen LogP contribution is -2.20. The largest absolute Gasteiger partial charge is 0.332 e. The third-order valence-electron chi connectivity index (χ3n) is 3.03. The van der Waals surface area contributed by atoms with Gasteiger partial charge in [0.15, 0.2) is 5.11 Å². The van der Waals surface area contributed by atoms with E-state index in [4.69, 9.17) is 35.4 Å². The predicted octanol–water partition coefficient (Wildman–Crippen LogP) is 5.42. The van der Waals surface area contributed by atoms with Gasteiger partial charge in [0.1, 0.15) is 0 Å². The van der Waals surface area contributed by atoms with Crippen LogP contribution in [0.3, 0.4) is 0 Å². The van der Waals surface area contributed by atoms with Gasteiger partial charge in [-0.2, -0.15) is 0 Å². The summed E-state index contributed by atoms with van der Waals surface area (Å²) in [7, 11) is 0. The Kier molecular flexibility index (Phi) is 4.86. The van der Waals surface area contributed by atoms with E-state index in [0.717, 1.165) is 11.4 Å². The molecule has 0 aliphatic carbocycles.